The lowest BCUT2D eigenvalue weighted by Crippen LogP contribution is -2.48. The molecule has 3 rings (SSSR count). The van der Waals surface area contributed by atoms with E-state index in [0.29, 0.717) is 12.2 Å². The van der Waals surface area contributed by atoms with Crippen LogP contribution >= 0.6 is 0 Å². The molecule has 0 saturated carbocycles. The van der Waals surface area contributed by atoms with E-state index in [2.05, 4.69) is 10.9 Å². The fourth-order valence-electron chi connectivity index (χ4n) is 2.66. The number of aromatic hydroxyl groups is 1. The number of ether oxygens (including phenoxy) is 1. The minimum absolute atomic E-state index is 0.0750. The number of carbonyl (C=O) groups excluding carboxylic acids is 2. The Kier molecular flexibility index (Phi) is 5.56. The van der Waals surface area contributed by atoms with Crippen LogP contribution in [0.2, 0.25) is 0 Å². The highest BCUT2D eigenvalue weighted by Gasteiger charge is 2.20. The molecule has 0 fully saturated rings. The van der Waals surface area contributed by atoms with Crippen LogP contribution in [0.3, 0.4) is 0 Å². The van der Waals surface area contributed by atoms with E-state index in [1.807, 2.05) is 49.4 Å². The molecule has 0 aliphatic carbocycles. The summed E-state index contributed by atoms with van der Waals surface area (Å²) in [5.74, 6) is -0.679. The largest absolute Gasteiger partial charge is 0.507 e. The second-order valence-electron chi connectivity index (χ2n) is 5.99. The molecule has 0 unspecified atom stereocenters. The van der Waals surface area contributed by atoms with Gasteiger partial charge in [0.2, 0.25) is 0 Å². The van der Waals surface area contributed by atoms with Crippen molar-refractivity contribution in [3.63, 3.8) is 0 Å². The predicted molar refractivity (Wildman–Crippen MR) is 102 cm³/mol. The van der Waals surface area contributed by atoms with Gasteiger partial charge in [0, 0.05) is 0 Å². The van der Waals surface area contributed by atoms with Gasteiger partial charge in [-0.2, -0.15) is 0 Å². The average molecular weight is 364 g/mol. The molecule has 6 nitrogen and oxygen atoms in total. The Hall–Kier alpha value is -3.54. The second-order valence-corrected chi connectivity index (χ2v) is 5.99. The number of fused-ring (bicyclic) bond motifs is 1. The summed E-state index contributed by atoms with van der Waals surface area (Å²) in [5, 5.41) is 11.7. The quantitative estimate of drug-likeness (QED) is 0.607. The van der Waals surface area contributed by atoms with Crippen LogP contribution in [-0.2, 0) is 4.79 Å². The summed E-state index contributed by atoms with van der Waals surface area (Å²) >= 11 is 0. The van der Waals surface area contributed by atoms with Crippen molar-refractivity contribution in [1.29, 1.82) is 0 Å². The molecule has 0 radical (unpaired) electrons. The van der Waals surface area contributed by atoms with Gasteiger partial charge >= 0.3 is 0 Å². The van der Waals surface area contributed by atoms with Gasteiger partial charge in [0.25, 0.3) is 11.8 Å². The molecule has 1 atom stereocenters. The number of nitrogens with one attached hydrogen (secondary N) is 2. The highest BCUT2D eigenvalue weighted by molar-refractivity contribution is 6.02. The zero-order valence-electron chi connectivity index (χ0n) is 14.8. The van der Waals surface area contributed by atoms with Crippen molar-refractivity contribution < 1.29 is 19.4 Å². The topological polar surface area (TPSA) is 87.7 Å². The van der Waals surface area contributed by atoms with Crippen LogP contribution < -0.4 is 15.6 Å². The van der Waals surface area contributed by atoms with E-state index < -0.39 is 17.9 Å². The Morgan fingerprint density at radius 1 is 0.963 bits per heavy atom. The first kappa shape index (κ1) is 18.3. The van der Waals surface area contributed by atoms with Crippen molar-refractivity contribution in [2.75, 3.05) is 0 Å². The van der Waals surface area contributed by atoms with Crippen LogP contribution in [0.1, 0.15) is 23.7 Å². The zero-order chi connectivity index (χ0) is 19.2. The van der Waals surface area contributed by atoms with Gasteiger partial charge in [-0.05, 0) is 41.5 Å². The Morgan fingerprint density at radius 3 is 2.26 bits per heavy atom. The third kappa shape index (κ3) is 4.36. The van der Waals surface area contributed by atoms with Crippen LogP contribution in [0.15, 0.2) is 66.7 Å². The normalized spacial score (nSPS) is 11.6. The Labute approximate surface area is 156 Å². The van der Waals surface area contributed by atoms with Crippen LogP contribution in [0.5, 0.6) is 11.5 Å². The molecule has 0 bridgehead atoms. The first-order valence-corrected chi connectivity index (χ1v) is 8.62. The fourth-order valence-corrected chi connectivity index (χ4v) is 2.66. The molecule has 3 aromatic carbocycles. The smallest absolute Gasteiger partial charge is 0.279 e. The lowest BCUT2D eigenvalue weighted by molar-refractivity contribution is -0.128. The van der Waals surface area contributed by atoms with E-state index in [4.69, 9.17) is 4.74 Å². The number of para-hydroxylation sites is 1. The summed E-state index contributed by atoms with van der Waals surface area (Å²) in [6.45, 7) is 1.81. The predicted octanol–water partition coefficient (Wildman–Crippen LogP) is 3.16. The van der Waals surface area contributed by atoms with Crippen LogP contribution in [-0.4, -0.2) is 23.0 Å². The summed E-state index contributed by atoms with van der Waals surface area (Å²) in [5.41, 5.74) is 4.75. The molecule has 3 N–H and O–H groups in total. The molecule has 2 amide bonds. The van der Waals surface area contributed by atoms with Gasteiger partial charge in [0.15, 0.2) is 6.10 Å². The van der Waals surface area contributed by atoms with Crippen molar-refractivity contribution in [1.82, 2.24) is 10.9 Å². The molecule has 0 spiro atoms. The Balaban J connectivity index is 1.65. The molecule has 0 heterocycles. The second kappa shape index (κ2) is 8.23. The van der Waals surface area contributed by atoms with Gasteiger partial charge in [0.05, 0.1) is 5.56 Å². The minimum Gasteiger partial charge on any atom is -0.507 e. The average Bonchev–Trinajstić information content (AvgIpc) is 2.70. The summed E-state index contributed by atoms with van der Waals surface area (Å²) in [4.78, 5) is 24.7. The molecular formula is C21H20N2O4. The third-order valence-corrected chi connectivity index (χ3v) is 4.09. The number of amides is 2. The number of rotatable bonds is 5. The van der Waals surface area contributed by atoms with E-state index in [1.165, 1.54) is 6.07 Å². The fraction of sp³-hybridized carbons (Fsp3) is 0.143. The Bertz CT molecular complexity index is 957. The van der Waals surface area contributed by atoms with Crippen molar-refractivity contribution in [3.8, 4) is 11.5 Å². The van der Waals surface area contributed by atoms with Gasteiger partial charge in [-0.1, -0.05) is 49.4 Å². The molecule has 0 aromatic heterocycles. The first-order valence-electron chi connectivity index (χ1n) is 8.62. The maximum absolute atomic E-state index is 12.4. The standard InChI is InChI=1S/C21H20N2O4/c1-2-19(27-16-10-4-3-5-11-16)21(26)23-22-20(25)17-12-14-8-6-7-9-15(14)13-18(17)24/h3-13,19,24H,2H2,1H3,(H,22,25)(H,23,26)/t19-/m0/s1. The van der Waals surface area contributed by atoms with Gasteiger partial charge < -0.3 is 9.84 Å². The number of phenolic OH excluding ortho intramolecular Hbond substituents is 1. The molecule has 6 heteroatoms. The number of hydrazine groups is 1. The van der Waals surface area contributed by atoms with E-state index in [9.17, 15) is 14.7 Å². The summed E-state index contributed by atoms with van der Waals surface area (Å²) < 4.78 is 5.63. The summed E-state index contributed by atoms with van der Waals surface area (Å²) in [6.07, 6.45) is -0.324. The van der Waals surface area contributed by atoms with Gasteiger partial charge in [-0.25, -0.2) is 0 Å². The van der Waals surface area contributed by atoms with Crippen molar-refractivity contribution >= 4 is 22.6 Å². The highest BCUT2D eigenvalue weighted by Crippen LogP contribution is 2.24. The lowest BCUT2D eigenvalue weighted by atomic mass is 10.1. The lowest BCUT2D eigenvalue weighted by Gasteiger charge is -2.17. The van der Waals surface area contributed by atoms with Gasteiger partial charge in [0.1, 0.15) is 11.5 Å². The van der Waals surface area contributed by atoms with Crippen molar-refractivity contribution in [2.45, 2.75) is 19.4 Å². The SMILES string of the molecule is CC[C@H](Oc1ccccc1)C(=O)NNC(=O)c1cc2ccccc2cc1O. The maximum atomic E-state index is 12.4. The third-order valence-electron chi connectivity index (χ3n) is 4.09. The molecule has 138 valence electrons. The van der Waals surface area contributed by atoms with E-state index in [0.717, 1.165) is 10.8 Å². The van der Waals surface area contributed by atoms with Crippen molar-refractivity contribution in [3.05, 3.63) is 72.3 Å². The molecule has 0 saturated heterocycles. The van der Waals surface area contributed by atoms with E-state index >= 15 is 0 Å². The molecule has 3 aromatic rings. The minimum atomic E-state index is -0.752. The number of hydrogen-bond acceptors (Lipinski definition) is 4. The highest BCUT2D eigenvalue weighted by atomic mass is 16.5. The molecule has 0 aliphatic rings. The number of hydrogen-bond donors (Lipinski definition) is 3. The summed E-state index contributed by atoms with van der Waals surface area (Å²) in [7, 11) is 0. The van der Waals surface area contributed by atoms with Gasteiger partial charge in [-0.15, -0.1) is 0 Å². The number of carbonyl (C=O) groups is 2. The summed E-state index contributed by atoms with van der Waals surface area (Å²) in [6, 6.07) is 19.4. The number of benzene rings is 3. The number of phenols is 1. The first-order chi connectivity index (χ1) is 13.1. The van der Waals surface area contributed by atoms with Crippen LogP contribution in [0.25, 0.3) is 10.8 Å². The maximum Gasteiger partial charge on any atom is 0.279 e. The molecular weight excluding hydrogens is 344 g/mol. The van der Waals surface area contributed by atoms with Crippen LogP contribution in [0, 0.1) is 0 Å². The molecule has 27 heavy (non-hydrogen) atoms. The van der Waals surface area contributed by atoms with Crippen molar-refractivity contribution in [2.24, 2.45) is 0 Å². The monoisotopic (exact) mass is 364 g/mol. The molecule has 0 aliphatic heterocycles. The van der Waals surface area contributed by atoms with Crippen LogP contribution in [0.4, 0.5) is 0 Å². The van der Waals surface area contributed by atoms with E-state index in [1.54, 1.807) is 18.2 Å². The zero-order valence-corrected chi connectivity index (χ0v) is 14.8. The Morgan fingerprint density at radius 2 is 1.59 bits per heavy atom. The van der Waals surface area contributed by atoms with E-state index in [-0.39, 0.29) is 11.3 Å². The van der Waals surface area contributed by atoms with Gasteiger partial charge in [-0.3, -0.25) is 20.4 Å².